The number of allylic oxidation sites excluding steroid dienone is 2. The summed E-state index contributed by atoms with van der Waals surface area (Å²) < 4.78 is 4.61. The van der Waals surface area contributed by atoms with E-state index in [9.17, 15) is 15.0 Å². The number of unbranched alkanes of at least 4 members (excludes halogenated alkanes) is 17. The smallest absolute Gasteiger partial charge is 0.370 e. The predicted molar refractivity (Wildman–Crippen MR) is 126 cm³/mol. The lowest BCUT2D eigenvalue weighted by Gasteiger charge is -2.14. The van der Waals surface area contributed by atoms with Crippen LogP contribution >= 0.6 is 0 Å². The molecule has 0 radical (unpaired) electrons. The number of hydrogen-bond donors (Lipinski definition) is 2. The summed E-state index contributed by atoms with van der Waals surface area (Å²) in [4.78, 5) is 11.3. The molecule has 0 fully saturated rings. The van der Waals surface area contributed by atoms with Gasteiger partial charge in [0.05, 0.1) is 6.61 Å². The Kier molecular flexibility index (Phi) is 20.3. The highest BCUT2D eigenvalue weighted by atomic mass is 16.6. The number of aliphatic hydroxyl groups is 2. The van der Waals surface area contributed by atoms with Crippen LogP contribution in [0.4, 0.5) is 0 Å². The number of ether oxygens (including phenoxy) is 1. The molecular formula is C26H48O4. The second kappa shape index (κ2) is 21.1. The van der Waals surface area contributed by atoms with Gasteiger partial charge in [-0.3, -0.25) is 0 Å². The SMILES string of the molecule is C=CCCCCCCCCCCCCCCCCCC/C=C/C(O)(O)C(=O)OCC. The highest BCUT2D eigenvalue weighted by Gasteiger charge is 2.31. The maximum Gasteiger partial charge on any atom is 0.370 e. The molecule has 0 aliphatic heterocycles. The summed E-state index contributed by atoms with van der Waals surface area (Å²) >= 11 is 0. The van der Waals surface area contributed by atoms with E-state index < -0.39 is 11.8 Å². The second-order valence-electron chi connectivity index (χ2n) is 8.37. The number of rotatable bonds is 22. The third-order valence-corrected chi connectivity index (χ3v) is 5.46. The van der Waals surface area contributed by atoms with Crippen molar-refractivity contribution in [2.45, 2.75) is 128 Å². The molecule has 0 aromatic rings. The number of carbonyl (C=O) groups is 1. The van der Waals surface area contributed by atoms with Gasteiger partial charge in [-0.05, 0) is 38.7 Å². The molecule has 0 saturated carbocycles. The summed E-state index contributed by atoms with van der Waals surface area (Å²) in [6.45, 7) is 5.53. The van der Waals surface area contributed by atoms with E-state index in [0.717, 1.165) is 25.3 Å². The Hall–Kier alpha value is -1.13. The summed E-state index contributed by atoms with van der Waals surface area (Å²) in [5, 5.41) is 19.1. The van der Waals surface area contributed by atoms with E-state index >= 15 is 0 Å². The Morgan fingerprint density at radius 1 is 0.733 bits per heavy atom. The summed E-state index contributed by atoms with van der Waals surface area (Å²) in [6, 6.07) is 0. The minimum atomic E-state index is -2.50. The summed E-state index contributed by atoms with van der Waals surface area (Å²) in [5.41, 5.74) is 0. The van der Waals surface area contributed by atoms with Crippen LogP contribution in [0.5, 0.6) is 0 Å². The molecule has 0 amide bonds. The zero-order valence-corrected chi connectivity index (χ0v) is 19.6. The minimum absolute atomic E-state index is 0.131. The molecule has 30 heavy (non-hydrogen) atoms. The van der Waals surface area contributed by atoms with Crippen molar-refractivity contribution in [3.8, 4) is 0 Å². The van der Waals surface area contributed by atoms with Gasteiger partial charge in [-0.15, -0.1) is 6.58 Å². The van der Waals surface area contributed by atoms with Crippen molar-refractivity contribution >= 4 is 5.97 Å². The fraction of sp³-hybridized carbons (Fsp3) is 0.808. The van der Waals surface area contributed by atoms with Crippen molar-refractivity contribution in [1.29, 1.82) is 0 Å². The first-order valence-corrected chi connectivity index (χ1v) is 12.4. The minimum Gasteiger partial charge on any atom is -0.462 e. The van der Waals surface area contributed by atoms with E-state index in [1.54, 1.807) is 13.0 Å². The van der Waals surface area contributed by atoms with Crippen molar-refractivity contribution in [2.24, 2.45) is 0 Å². The van der Waals surface area contributed by atoms with E-state index in [0.29, 0.717) is 0 Å². The molecule has 0 aliphatic rings. The van der Waals surface area contributed by atoms with Gasteiger partial charge in [0, 0.05) is 0 Å². The Bertz CT molecular complexity index is 429. The molecule has 4 nitrogen and oxygen atoms in total. The Morgan fingerprint density at radius 2 is 1.10 bits per heavy atom. The summed E-state index contributed by atoms with van der Waals surface area (Å²) in [6.07, 6.45) is 27.9. The molecule has 0 saturated heterocycles. The van der Waals surface area contributed by atoms with Crippen LogP contribution in [0.1, 0.15) is 122 Å². The quantitative estimate of drug-likeness (QED) is 0.0850. The van der Waals surface area contributed by atoms with Crippen molar-refractivity contribution in [3.05, 3.63) is 24.8 Å². The van der Waals surface area contributed by atoms with Gasteiger partial charge in [-0.2, -0.15) is 0 Å². The van der Waals surface area contributed by atoms with Crippen molar-refractivity contribution in [2.75, 3.05) is 6.61 Å². The normalized spacial score (nSPS) is 11.8. The van der Waals surface area contributed by atoms with Gasteiger partial charge in [0.15, 0.2) is 0 Å². The van der Waals surface area contributed by atoms with Crippen LogP contribution < -0.4 is 0 Å². The first-order valence-electron chi connectivity index (χ1n) is 12.4. The van der Waals surface area contributed by atoms with Crippen LogP contribution in [-0.2, 0) is 9.53 Å². The monoisotopic (exact) mass is 424 g/mol. The topological polar surface area (TPSA) is 66.8 Å². The fourth-order valence-corrected chi connectivity index (χ4v) is 3.58. The first kappa shape index (κ1) is 28.9. The molecule has 0 spiro atoms. The molecule has 0 rings (SSSR count). The van der Waals surface area contributed by atoms with Gasteiger partial charge < -0.3 is 14.9 Å². The van der Waals surface area contributed by atoms with Crippen molar-refractivity contribution < 1.29 is 19.7 Å². The van der Waals surface area contributed by atoms with Crippen LogP contribution in [0.15, 0.2) is 24.8 Å². The van der Waals surface area contributed by atoms with E-state index in [1.807, 2.05) is 6.08 Å². The molecule has 0 bridgehead atoms. The Morgan fingerprint density at radius 3 is 1.47 bits per heavy atom. The van der Waals surface area contributed by atoms with Crippen LogP contribution in [0.3, 0.4) is 0 Å². The van der Waals surface area contributed by atoms with Gasteiger partial charge in [-0.1, -0.05) is 102 Å². The largest absolute Gasteiger partial charge is 0.462 e. The molecule has 176 valence electrons. The van der Waals surface area contributed by atoms with Crippen LogP contribution in [0, 0.1) is 0 Å². The lowest BCUT2D eigenvalue weighted by Crippen LogP contribution is -2.37. The molecule has 0 atom stereocenters. The highest BCUT2D eigenvalue weighted by molar-refractivity contribution is 5.79. The molecule has 0 heterocycles. The summed E-state index contributed by atoms with van der Waals surface area (Å²) in [5.74, 6) is -3.52. The molecular weight excluding hydrogens is 376 g/mol. The van der Waals surface area contributed by atoms with E-state index in [2.05, 4.69) is 11.3 Å². The number of esters is 1. The van der Waals surface area contributed by atoms with Crippen LogP contribution in [0.25, 0.3) is 0 Å². The maximum absolute atomic E-state index is 11.3. The molecule has 0 aliphatic carbocycles. The van der Waals surface area contributed by atoms with Gasteiger partial charge in [0.2, 0.25) is 0 Å². The molecule has 2 N–H and O–H groups in total. The van der Waals surface area contributed by atoms with Crippen LogP contribution in [-0.4, -0.2) is 28.6 Å². The zero-order valence-electron chi connectivity index (χ0n) is 19.6. The standard InChI is InChI=1S/C26H48O4/c1-3-5-6-7-8-9-10-11-12-13-14-15-16-17-18-19-20-21-22-23-24-26(28,29)25(27)30-4-2/h3,23-24,28-29H,1,4-22H2,2H3/b24-23+. The Balaban J connectivity index is 3.29. The zero-order chi connectivity index (χ0) is 22.3. The van der Waals surface area contributed by atoms with Gasteiger partial charge in [0.25, 0.3) is 5.79 Å². The number of hydrogen-bond acceptors (Lipinski definition) is 4. The van der Waals surface area contributed by atoms with E-state index in [-0.39, 0.29) is 6.61 Å². The Labute approximate surface area is 185 Å². The fourth-order valence-electron chi connectivity index (χ4n) is 3.58. The molecule has 0 unspecified atom stereocenters. The molecule has 4 heteroatoms. The lowest BCUT2D eigenvalue weighted by molar-refractivity contribution is -0.193. The van der Waals surface area contributed by atoms with Crippen LogP contribution in [0.2, 0.25) is 0 Å². The third kappa shape index (κ3) is 18.9. The van der Waals surface area contributed by atoms with E-state index in [4.69, 9.17) is 0 Å². The second-order valence-corrected chi connectivity index (χ2v) is 8.37. The first-order chi connectivity index (χ1) is 14.5. The summed E-state index contributed by atoms with van der Waals surface area (Å²) in [7, 11) is 0. The lowest BCUT2D eigenvalue weighted by atomic mass is 10.0. The third-order valence-electron chi connectivity index (χ3n) is 5.46. The maximum atomic E-state index is 11.3. The molecule has 0 aromatic carbocycles. The van der Waals surface area contributed by atoms with E-state index in [1.165, 1.54) is 96.3 Å². The van der Waals surface area contributed by atoms with Crippen molar-refractivity contribution in [3.63, 3.8) is 0 Å². The van der Waals surface area contributed by atoms with Gasteiger partial charge >= 0.3 is 5.97 Å². The average Bonchev–Trinajstić information content (AvgIpc) is 2.72. The number of carbonyl (C=O) groups excluding carboxylic acids is 1. The average molecular weight is 425 g/mol. The van der Waals surface area contributed by atoms with Gasteiger partial charge in [0.1, 0.15) is 0 Å². The predicted octanol–water partition coefficient (Wildman–Crippen LogP) is 6.99. The van der Waals surface area contributed by atoms with Crippen molar-refractivity contribution in [1.82, 2.24) is 0 Å². The highest BCUT2D eigenvalue weighted by Crippen LogP contribution is 2.14. The van der Waals surface area contributed by atoms with Gasteiger partial charge in [-0.25, -0.2) is 4.79 Å². The molecule has 0 aromatic heterocycles.